The smallest absolute Gasteiger partial charge is 0.308 e. The number of carboxylic acids is 1. The van der Waals surface area contributed by atoms with Crippen LogP contribution < -0.4 is 4.90 Å². The topological polar surface area (TPSA) is 57.6 Å². The van der Waals surface area contributed by atoms with Gasteiger partial charge < -0.3 is 10.0 Å². The second kappa shape index (κ2) is 4.44. The molecule has 1 aliphatic rings. The van der Waals surface area contributed by atoms with Crippen molar-refractivity contribution in [1.82, 2.24) is 0 Å². The van der Waals surface area contributed by atoms with Gasteiger partial charge in [-0.2, -0.15) is 0 Å². The second-order valence-corrected chi connectivity index (χ2v) is 4.99. The molecule has 4 nitrogen and oxygen atoms in total. The zero-order valence-corrected chi connectivity index (χ0v) is 10.9. The monoisotopic (exact) mass is 247 g/mol. The van der Waals surface area contributed by atoms with Crippen LogP contribution in [0.5, 0.6) is 0 Å². The van der Waals surface area contributed by atoms with E-state index in [1.807, 2.05) is 32.9 Å². The molecular formula is C14H17NO3. The zero-order valence-electron chi connectivity index (χ0n) is 10.9. The van der Waals surface area contributed by atoms with Crippen LogP contribution in [0.2, 0.25) is 0 Å². The van der Waals surface area contributed by atoms with Gasteiger partial charge in [-0.3, -0.25) is 9.59 Å². The zero-order chi connectivity index (χ0) is 13.4. The van der Waals surface area contributed by atoms with Gasteiger partial charge in [-0.1, -0.05) is 17.7 Å². The SMILES string of the molecule is Cc1cc(C)c(N2C[C@H](C(=O)O)CC2=O)c(C)c1. The van der Waals surface area contributed by atoms with E-state index >= 15 is 0 Å². The summed E-state index contributed by atoms with van der Waals surface area (Å²) in [5.41, 5.74) is 4.06. The van der Waals surface area contributed by atoms with E-state index in [0.29, 0.717) is 0 Å². The van der Waals surface area contributed by atoms with Crippen LogP contribution in [0.3, 0.4) is 0 Å². The Balaban J connectivity index is 2.39. The Kier molecular flexibility index (Phi) is 3.11. The van der Waals surface area contributed by atoms with Gasteiger partial charge >= 0.3 is 5.97 Å². The van der Waals surface area contributed by atoms with Crippen LogP contribution >= 0.6 is 0 Å². The third kappa shape index (κ3) is 2.10. The van der Waals surface area contributed by atoms with Gasteiger partial charge in [-0.15, -0.1) is 0 Å². The molecule has 0 aliphatic carbocycles. The molecule has 0 unspecified atom stereocenters. The van der Waals surface area contributed by atoms with E-state index in [2.05, 4.69) is 0 Å². The Morgan fingerprint density at radius 2 is 1.83 bits per heavy atom. The molecule has 2 rings (SSSR count). The van der Waals surface area contributed by atoms with Crippen molar-refractivity contribution in [2.75, 3.05) is 11.4 Å². The molecule has 0 aromatic heterocycles. The fraction of sp³-hybridized carbons (Fsp3) is 0.429. The number of aryl methyl sites for hydroxylation is 3. The van der Waals surface area contributed by atoms with Crippen LogP contribution in [0.15, 0.2) is 12.1 Å². The normalized spacial score (nSPS) is 19.4. The predicted molar refractivity (Wildman–Crippen MR) is 68.7 cm³/mol. The van der Waals surface area contributed by atoms with E-state index < -0.39 is 11.9 Å². The van der Waals surface area contributed by atoms with Crippen molar-refractivity contribution in [3.63, 3.8) is 0 Å². The molecule has 1 aromatic carbocycles. The first-order valence-corrected chi connectivity index (χ1v) is 6.01. The van der Waals surface area contributed by atoms with Crippen LogP contribution in [0, 0.1) is 26.7 Å². The molecule has 1 N–H and O–H groups in total. The molecule has 0 radical (unpaired) electrons. The molecule has 1 amide bonds. The first-order valence-electron chi connectivity index (χ1n) is 6.01. The number of rotatable bonds is 2. The van der Waals surface area contributed by atoms with E-state index in [9.17, 15) is 9.59 Å². The summed E-state index contributed by atoms with van der Waals surface area (Å²) in [6, 6.07) is 4.04. The summed E-state index contributed by atoms with van der Waals surface area (Å²) in [5, 5.41) is 9.00. The van der Waals surface area contributed by atoms with Gasteiger partial charge in [0, 0.05) is 18.7 Å². The first kappa shape index (κ1) is 12.6. The minimum atomic E-state index is -0.895. The second-order valence-electron chi connectivity index (χ2n) is 4.99. The van der Waals surface area contributed by atoms with Crippen molar-refractivity contribution in [3.8, 4) is 0 Å². The Morgan fingerprint density at radius 3 is 2.28 bits per heavy atom. The summed E-state index contributed by atoms with van der Waals surface area (Å²) >= 11 is 0. The van der Waals surface area contributed by atoms with E-state index in [1.165, 1.54) is 0 Å². The van der Waals surface area contributed by atoms with Gasteiger partial charge in [0.15, 0.2) is 0 Å². The lowest BCUT2D eigenvalue weighted by Crippen LogP contribution is -2.27. The van der Waals surface area contributed by atoms with Gasteiger partial charge in [-0.05, 0) is 31.9 Å². The largest absolute Gasteiger partial charge is 0.481 e. The van der Waals surface area contributed by atoms with Gasteiger partial charge in [0.1, 0.15) is 0 Å². The molecule has 1 saturated heterocycles. The fourth-order valence-corrected chi connectivity index (χ4v) is 2.69. The molecule has 0 saturated carbocycles. The lowest BCUT2D eigenvalue weighted by atomic mass is 10.0. The number of benzene rings is 1. The molecule has 1 aromatic rings. The first-order chi connectivity index (χ1) is 8.40. The number of carboxylic acid groups (broad SMARTS) is 1. The highest BCUT2D eigenvalue weighted by atomic mass is 16.4. The van der Waals surface area contributed by atoms with E-state index in [-0.39, 0.29) is 18.9 Å². The summed E-state index contributed by atoms with van der Waals surface area (Å²) in [6.07, 6.45) is 0.0993. The average Bonchev–Trinajstić information content (AvgIpc) is 2.59. The van der Waals surface area contributed by atoms with Crippen molar-refractivity contribution >= 4 is 17.6 Å². The number of aliphatic carboxylic acids is 1. The third-order valence-corrected chi connectivity index (χ3v) is 3.38. The van der Waals surface area contributed by atoms with Crippen molar-refractivity contribution in [3.05, 3.63) is 28.8 Å². The molecule has 1 heterocycles. The van der Waals surface area contributed by atoms with Crippen LogP contribution in [-0.2, 0) is 9.59 Å². The molecule has 96 valence electrons. The molecule has 0 spiro atoms. The average molecular weight is 247 g/mol. The van der Waals surface area contributed by atoms with Crippen LogP contribution in [0.25, 0.3) is 0 Å². The van der Waals surface area contributed by atoms with Crippen molar-refractivity contribution in [1.29, 1.82) is 0 Å². The summed E-state index contributed by atoms with van der Waals surface area (Å²) in [5.74, 6) is -1.58. The molecule has 1 aliphatic heterocycles. The van der Waals surface area contributed by atoms with Gasteiger partial charge in [0.25, 0.3) is 0 Å². The summed E-state index contributed by atoms with van der Waals surface area (Å²) in [7, 11) is 0. The van der Waals surface area contributed by atoms with E-state index in [1.54, 1.807) is 4.90 Å². The Bertz CT molecular complexity index is 499. The van der Waals surface area contributed by atoms with Crippen molar-refractivity contribution in [2.24, 2.45) is 5.92 Å². The minimum absolute atomic E-state index is 0.0993. The maximum atomic E-state index is 11.9. The number of nitrogens with zero attached hydrogens (tertiary/aromatic N) is 1. The maximum absolute atomic E-state index is 11.9. The summed E-state index contributed by atoms with van der Waals surface area (Å²) in [6.45, 7) is 6.20. The van der Waals surface area contributed by atoms with Crippen molar-refractivity contribution in [2.45, 2.75) is 27.2 Å². The van der Waals surface area contributed by atoms with Crippen LogP contribution in [0.1, 0.15) is 23.1 Å². The number of carbonyl (C=O) groups is 2. The van der Waals surface area contributed by atoms with Gasteiger partial charge in [-0.25, -0.2) is 0 Å². The summed E-state index contributed by atoms with van der Waals surface area (Å²) < 4.78 is 0. The van der Waals surface area contributed by atoms with Crippen LogP contribution in [0.4, 0.5) is 5.69 Å². The highest BCUT2D eigenvalue weighted by molar-refractivity contribution is 6.00. The Labute approximate surface area is 106 Å². The van der Waals surface area contributed by atoms with Crippen LogP contribution in [-0.4, -0.2) is 23.5 Å². The molecule has 18 heavy (non-hydrogen) atoms. The maximum Gasteiger partial charge on any atom is 0.308 e. The minimum Gasteiger partial charge on any atom is -0.481 e. The predicted octanol–water partition coefficient (Wildman–Crippen LogP) is 2.05. The Morgan fingerprint density at radius 1 is 1.28 bits per heavy atom. The molecule has 1 fully saturated rings. The molecular weight excluding hydrogens is 230 g/mol. The highest BCUT2D eigenvalue weighted by Crippen LogP contribution is 2.31. The van der Waals surface area contributed by atoms with Gasteiger partial charge in [0.05, 0.1) is 5.92 Å². The lowest BCUT2D eigenvalue weighted by molar-refractivity contribution is -0.141. The van der Waals surface area contributed by atoms with E-state index in [4.69, 9.17) is 5.11 Å². The van der Waals surface area contributed by atoms with Crippen molar-refractivity contribution < 1.29 is 14.7 Å². The number of carbonyl (C=O) groups excluding carboxylic acids is 1. The lowest BCUT2D eigenvalue weighted by Gasteiger charge is -2.21. The quantitative estimate of drug-likeness (QED) is 0.870. The van der Waals surface area contributed by atoms with Gasteiger partial charge in [0.2, 0.25) is 5.91 Å². The number of hydrogen-bond donors (Lipinski definition) is 1. The number of anilines is 1. The number of hydrogen-bond acceptors (Lipinski definition) is 2. The Hall–Kier alpha value is -1.84. The summed E-state index contributed by atoms with van der Waals surface area (Å²) in [4.78, 5) is 24.5. The number of amides is 1. The molecule has 0 bridgehead atoms. The third-order valence-electron chi connectivity index (χ3n) is 3.38. The fourth-order valence-electron chi connectivity index (χ4n) is 2.69. The standard InChI is InChI=1S/C14H17NO3/c1-8-4-9(2)13(10(3)5-8)15-7-11(14(17)18)6-12(15)16/h4-5,11H,6-7H2,1-3H3,(H,17,18)/t11-/m1/s1. The molecule has 1 atom stereocenters. The highest BCUT2D eigenvalue weighted by Gasteiger charge is 2.36. The van der Waals surface area contributed by atoms with E-state index in [0.717, 1.165) is 22.4 Å². The molecule has 4 heteroatoms.